The van der Waals surface area contributed by atoms with E-state index in [0.29, 0.717) is 11.3 Å². The largest absolute Gasteiger partial charge is 0.479 e. The molecule has 0 saturated heterocycles. The molecule has 6 heteroatoms. The number of carboxylic acid groups (broad SMARTS) is 1. The second-order valence-electron chi connectivity index (χ2n) is 4.26. The minimum Gasteiger partial charge on any atom is -0.479 e. The lowest BCUT2D eigenvalue weighted by molar-refractivity contribution is -0.149. The van der Waals surface area contributed by atoms with Gasteiger partial charge in [-0.15, -0.1) is 0 Å². The molecule has 0 radical (unpaired) electrons. The number of nitrogens with zero attached hydrogens (tertiary/aromatic N) is 2. The van der Waals surface area contributed by atoms with Gasteiger partial charge in [-0.1, -0.05) is 6.07 Å². The van der Waals surface area contributed by atoms with Crippen molar-refractivity contribution in [1.29, 1.82) is 0 Å². The Balaban J connectivity index is 2.33. The van der Waals surface area contributed by atoms with Gasteiger partial charge in [0.1, 0.15) is 5.65 Å². The Bertz CT molecular complexity index is 678. The predicted molar refractivity (Wildman–Crippen MR) is 68.1 cm³/mol. The van der Waals surface area contributed by atoms with E-state index in [1.807, 2.05) is 13.0 Å². The molecule has 19 heavy (non-hydrogen) atoms. The first-order valence-corrected chi connectivity index (χ1v) is 5.81. The molecule has 0 saturated carbocycles. The van der Waals surface area contributed by atoms with Crippen molar-refractivity contribution in [3.63, 3.8) is 0 Å². The summed E-state index contributed by atoms with van der Waals surface area (Å²) in [5.74, 6) is -1.05. The van der Waals surface area contributed by atoms with Crippen LogP contribution in [-0.2, 0) is 16.1 Å². The van der Waals surface area contributed by atoms with Gasteiger partial charge in [-0.2, -0.15) is 0 Å². The second-order valence-corrected chi connectivity index (χ2v) is 4.26. The van der Waals surface area contributed by atoms with Gasteiger partial charge in [0.2, 0.25) is 0 Å². The van der Waals surface area contributed by atoms with Crippen LogP contribution < -0.4 is 5.56 Å². The van der Waals surface area contributed by atoms with Gasteiger partial charge >= 0.3 is 5.97 Å². The fraction of sp³-hybridized carbons (Fsp3) is 0.308. The number of rotatable bonds is 4. The molecular formula is C13H14N2O4. The Morgan fingerprint density at radius 3 is 3.00 bits per heavy atom. The van der Waals surface area contributed by atoms with Crippen LogP contribution >= 0.6 is 0 Å². The fourth-order valence-corrected chi connectivity index (χ4v) is 1.66. The van der Waals surface area contributed by atoms with E-state index >= 15 is 0 Å². The van der Waals surface area contributed by atoms with E-state index in [9.17, 15) is 9.59 Å². The topological polar surface area (TPSA) is 80.9 Å². The summed E-state index contributed by atoms with van der Waals surface area (Å²) in [6, 6.07) is 4.97. The Labute approximate surface area is 109 Å². The van der Waals surface area contributed by atoms with Gasteiger partial charge < -0.3 is 9.84 Å². The standard InChI is InChI=1S/C13H14N2O4/c1-8-4-3-5-15-11(16)6-10(14-12(8)15)7-19-9(2)13(17)18/h3-6,9H,7H2,1-2H3,(H,17,18)/t9-/m0/s1. The first kappa shape index (κ1) is 13.2. The van der Waals surface area contributed by atoms with Crippen LogP contribution in [0.5, 0.6) is 0 Å². The van der Waals surface area contributed by atoms with E-state index in [1.54, 1.807) is 12.3 Å². The maximum Gasteiger partial charge on any atom is 0.332 e. The van der Waals surface area contributed by atoms with Crippen molar-refractivity contribution >= 4 is 11.6 Å². The van der Waals surface area contributed by atoms with Gasteiger partial charge in [-0.25, -0.2) is 9.78 Å². The minimum absolute atomic E-state index is 0.00641. The molecule has 0 aliphatic carbocycles. The van der Waals surface area contributed by atoms with Crippen molar-refractivity contribution in [2.75, 3.05) is 0 Å². The van der Waals surface area contributed by atoms with Gasteiger partial charge in [0.05, 0.1) is 12.3 Å². The molecule has 0 spiro atoms. The van der Waals surface area contributed by atoms with Crippen LogP contribution in [0.1, 0.15) is 18.2 Å². The van der Waals surface area contributed by atoms with Crippen LogP contribution in [0.25, 0.3) is 5.65 Å². The van der Waals surface area contributed by atoms with E-state index in [0.717, 1.165) is 5.56 Å². The highest BCUT2D eigenvalue weighted by atomic mass is 16.5. The van der Waals surface area contributed by atoms with E-state index < -0.39 is 12.1 Å². The maximum absolute atomic E-state index is 11.9. The number of aryl methyl sites for hydroxylation is 1. The van der Waals surface area contributed by atoms with Crippen LogP contribution in [0.15, 0.2) is 29.2 Å². The molecule has 0 aliphatic heterocycles. The third-order valence-electron chi connectivity index (χ3n) is 2.77. The summed E-state index contributed by atoms with van der Waals surface area (Å²) in [7, 11) is 0. The number of aliphatic carboxylic acids is 1. The van der Waals surface area contributed by atoms with Crippen LogP contribution in [-0.4, -0.2) is 26.6 Å². The number of carboxylic acids is 1. The summed E-state index contributed by atoms with van der Waals surface area (Å²) in [6.45, 7) is 3.28. The van der Waals surface area contributed by atoms with Gasteiger partial charge in [-0.3, -0.25) is 9.20 Å². The maximum atomic E-state index is 11.9. The lowest BCUT2D eigenvalue weighted by Crippen LogP contribution is -2.21. The molecule has 2 rings (SSSR count). The average Bonchev–Trinajstić information content (AvgIpc) is 2.37. The quantitative estimate of drug-likeness (QED) is 0.888. The number of fused-ring (bicyclic) bond motifs is 1. The number of ether oxygens (including phenoxy) is 1. The minimum atomic E-state index is -1.05. The smallest absolute Gasteiger partial charge is 0.332 e. The molecule has 0 fully saturated rings. The normalized spacial score (nSPS) is 12.5. The van der Waals surface area contributed by atoms with Crippen molar-refractivity contribution < 1.29 is 14.6 Å². The summed E-state index contributed by atoms with van der Waals surface area (Å²) in [5.41, 5.74) is 1.63. The highest BCUT2D eigenvalue weighted by Gasteiger charge is 2.12. The Morgan fingerprint density at radius 2 is 2.32 bits per heavy atom. The van der Waals surface area contributed by atoms with Gasteiger partial charge in [0.15, 0.2) is 6.10 Å². The zero-order valence-electron chi connectivity index (χ0n) is 10.7. The SMILES string of the molecule is Cc1cccn2c(=O)cc(CO[C@@H](C)C(=O)O)nc12. The number of hydrogen-bond donors (Lipinski definition) is 1. The van der Waals surface area contributed by atoms with E-state index in [2.05, 4.69) is 4.98 Å². The van der Waals surface area contributed by atoms with Crippen molar-refractivity contribution in [2.24, 2.45) is 0 Å². The third kappa shape index (κ3) is 2.79. The summed E-state index contributed by atoms with van der Waals surface area (Å²) >= 11 is 0. The zero-order chi connectivity index (χ0) is 14.0. The Hall–Kier alpha value is -2.21. The summed E-state index contributed by atoms with van der Waals surface area (Å²) in [6.07, 6.45) is 0.708. The molecule has 1 atom stereocenters. The molecule has 2 aromatic heterocycles. The Morgan fingerprint density at radius 1 is 1.58 bits per heavy atom. The number of aromatic nitrogens is 2. The van der Waals surface area contributed by atoms with Gasteiger partial charge in [0, 0.05) is 12.3 Å². The lowest BCUT2D eigenvalue weighted by Gasteiger charge is -2.09. The molecule has 0 aromatic carbocycles. The highest BCUT2D eigenvalue weighted by Crippen LogP contribution is 2.07. The first-order valence-electron chi connectivity index (χ1n) is 5.81. The molecular weight excluding hydrogens is 248 g/mol. The predicted octanol–water partition coefficient (Wildman–Crippen LogP) is 0.993. The van der Waals surface area contributed by atoms with Crippen LogP contribution in [0.2, 0.25) is 0 Å². The molecule has 2 heterocycles. The van der Waals surface area contributed by atoms with Crippen LogP contribution in [0.4, 0.5) is 0 Å². The van der Waals surface area contributed by atoms with Crippen molar-refractivity contribution in [2.45, 2.75) is 26.6 Å². The van der Waals surface area contributed by atoms with Crippen molar-refractivity contribution in [1.82, 2.24) is 9.38 Å². The van der Waals surface area contributed by atoms with Crippen molar-refractivity contribution in [3.8, 4) is 0 Å². The monoisotopic (exact) mass is 262 g/mol. The molecule has 100 valence electrons. The summed E-state index contributed by atoms with van der Waals surface area (Å²) < 4.78 is 6.57. The number of pyridine rings is 1. The molecule has 6 nitrogen and oxygen atoms in total. The summed E-state index contributed by atoms with van der Waals surface area (Å²) in [4.78, 5) is 26.8. The highest BCUT2D eigenvalue weighted by molar-refractivity contribution is 5.71. The Kier molecular flexibility index (Phi) is 3.62. The van der Waals surface area contributed by atoms with Crippen LogP contribution in [0.3, 0.4) is 0 Å². The molecule has 0 amide bonds. The molecule has 1 N–H and O–H groups in total. The van der Waals surface area contributed by atoms with E-state index in [4.69, 9.17) is 9.84 Å². The molecule has 2 aromatic rings. The van der Waals surface area contributed by atoms with Gasteiger partial charge in [-0.05, 0) is 25.5 Å². The molecule has 0 unspecified atom stereocenters. The van der Waals surface area contributed by atoms with Gasteiger partial charge in [0.25, 0.3) is 5.56 Å². The van der Waals surface area contributed by atoms with E-state index in [1.165, 1.54) is 17.4 Å². The average molecular weight is 262 g/mol. The third-order valence-corrected chi connectivity index (χ3v) is 2.77. The zero-order valence-corrected chi connectivity index (χ0v) is 10.7. The first-order chi connectivity index (χ1) is 8.99. The fourth-order valence-electron chi connectivity index (χ4n) is 1.66. The van der Waals surface area contributed by atoms with Crippen LogP contribution in [0, 0.1) is 6.92 Å². The van der Waals surface area contributed by atoms with E-state index in [-0.39, 0.29) is 12.2 Å². The second kappa shape index (κ2) is 5.19. The lowest BCUT2D eigenvalue weighted by atomic mass is 10.3. The summed E-state index contributed by atoms with van der Waals surface area (Å²) in [5, 5.41) is 8.72. The van der Waals surface area contributed by atoms with Crippen molar-refractivity contribution in [3.05, 3.63) is 46.0 Å². The number of hydrogen-bond acceptors (Lipinski definition) is 4. The number of carbonyl (C=O) groups is 1. The molecule has 0 aliphatic rings. The molecule has 0 bridgehead atoms.